The van der Waals surface area contributed by atoms with Crippen LogP contribution in [-0.4, -0.2) is 33.2 Å². The molecule has 0 heterocycles. The Morgan fingerprint density at radius 3 is 1.50 bits per heavy atom. The van der Waals surface area contributed by atoms with Crippen molar-refractivity contribution in [1.82, 2.24) is 0 Å². The van der Waals surface area contributed by atoms with E-state index in [0.29, 0.717) is 0 Å². The molecular formula is C8H18S4. The van der Waals surface area contributed by atoms with Crippen molar-refractivity contribution in [2.24, 2.45) is 0 Å². The normalized spacial score (nSPS) is 11.5. The summed E-state index contributed by atoms with van der Waals surface area (Å²) in [6.45, 7) is 4.48. The van der Waals surface area contributed by atoms with Crippen LogP contribution in [-0.2, 0) is 0 Å². The molecule has 0 nitrogen and oxygen atoms in total. The Balaban J connectivity index is 3.86. The van der Waals surface area contributed by atoms with Crippen molar-refractivity contribution in [3.05, 3.63) is 0 Å². The van der Waals surface area contributed by atoms with Crippen molar-refractivity contribution in [2.45, 2.75) is 23.0 Å². The van der Waals surface area contributed by atoms with Crippen molar-refractivity contribution >= 4 is 47.0 Å². The van der Waals surface area contributed by atoms with Gasteiger partial charge in [0.1, 0.15) is 0 Å². The van der Waals surface area contributed by atoms with Crippen LogP contribution in [0.3, 0.4) is 0 Å². The van der Waals surface area contributed by atoms with Crippen molar-refractivity contribution < 1.29 is 0 Å². The molecule has 0 N–H and O–H groups in total. The fraction of sp³-hybridized carbons (Fsp3) is 1.00. The second-order valence-corrected chi connectivity index (χ2v) is 7.51. The van der Waals surface area contributed by atoms with Gasteiger partial charge in [0.2, 0.25) is 0 Å². The monoisotopic (exact) mass is 242 g/mol. The molecule has 0 fully saturated rings. The van der Waals surface area contributed by atoms with Gasteiger partial charge in [-0.05, 0) is 24.0 Å². The minimum atomic E-state index is 0.750. The van der Waals surface area contributed by atoms with Crippen molar-refractivity contribution in [3.8, 4) is 0 Å². The van der Waals surface area contributed by atoms with Crippen LogP contribution in [0.5, 0.6) is 0 Å². The SMILES string of the molecule is CCSC(SCC)C(SC)SC. The minimum absolute atomic E-state index is 0.750. The van der Waals surface area contributed by atoms with E-state index in [9.17, 15) is 0 Å². The summed E-state index contributed by atoms with van der Waals surface area (Å²) in [5.74, 6) is 2.46. The average molecular weight is 243 g/mol. The molecule has 0 aromatic heterocycles. The predicted molar refractivity (Wildman–Crippen MR) is 70.9 cm³/mol. The van der Waals surface area contributed by atoms with Crippen molar-refractivity contribution in [3.63, 3.8) is 0 Å². The fourth-order valence-corrected chi connectivity index (χ4v) is 6.52. The number of thioether (sulfide) groups is 4. The molecule has 74 valence electrons. The first-order valence-corrected chi connectivity index (χ1v) is 8.76. The molecule has 0 unspecified atom stereocenters. The van der Waals surface area contributed by atoms with E-state index in [1.54, 1.807) is 0 Å². The smallest absolute Gasteiger partial charge is 0.0711 e. The van der Waals surface area contributed by atoms with Crippen molar-refractivity contribution in [2.75, 3.05) is 24.0 Å². The molecule has 4 heteroatoms. The third-order valence-electron chi connectivity index (χ3n) is 1.35. The van der Waals surface area contributed by atoms with Gasteiger partial charge >= 0.3 is 0 Å². The summed E-state index contributed by atoms with van der Waals surface area (Å²) in [6.07, 6.45) is 4.42. The quantitative estimate of drug-likeness (QED) is 0.621. The molecule has 12 heavy (non-hydrogen) atoms. The van der Waals surface area contributed by atoms with E-state index in [1.165, 1.54) is 11.5 Å². The van der Waals surface area contributed by atoms with Gasteiger partial charge in [0.05, 0.1) is 9.16 Å². The van der Waals surface area contributed by atoms with Gasteiger partial charge in [-0.15, -0.1) is 47.0 Å². The summed E-state index contributed by atoms with van der Waals surface area (Å²) >= 11 is 8.12. The molecule has 0 spiro atoms. The number of hydrogen-bond donors (Lipinski definition) is 0. The zero-order valence-corrected chi connectivity index (χ0v) is 11.5. The Hall–Kier alpha value is 1.40. The lowest BCUT2D eigenvalue weighted by Crippen LogP contribution is -2.12. The van der Waals surface area contributed by atoms with Crippen molar-refractivity contribution in [1.29, 1.82) is 0 Å². The van der Waals surface area contributed by atoms with Crippen LogP contribution in [0.25, 0.3) is 0 Å². The molecule has 0 aromatic carbocycles. The van der Waals surface area contributed by atoms with Gasteiger partial charge < -0.3 is 0 Å². The van der Waals surface area contributed by atoms with Gasteiger partial charge in [-0.2, -0.15) is 0 Å². The fourth-order valence-electron chi connectivity index (χ4n) is 0.852. The minimum Gasteiger partial charge on any atom is -0.149 e. The van der Waals surface area contributed by atoms with Crippen LogP contribution in [0.15, 0.2) is 0 Å². The highest BCUT2D eigenvalue weighted by atomic mass is 32.2. The van der Waals surface area contributed by atoms with Crippen LogP contribution in [0.4, 0.5) is 0 Å². The molecule has 0 atom stereocenters. The molecule has 0 amide bonds. The van der Waals surface area contributed by atoms with Crippen LogP contribution in [0.1, 0.15) is 13.8 Å². The van der Waals surface area contributed by atoms with Crippen LogP contribution in [0, 0.1) is 0 Å². The molecule has 0 aliphatic rings. The van der Waals surface area contributed by atoms with E-state index in [-0.39, 0.29) is 0 Å². The van der Waals surface area contributed by atoms with E-state index in [1.807, 2.05) is 23.5 Å². The van der Waals surface area contributed by atoms with Gasteiger partial charge in [-0.3, -0.25) is 0 Å². The topological polar surface area (TPSA) is 0 Å². The molecule has 0 saturated heterocycles. The first kappa shape index (κ1) is 13.4. The molecule has 0 aliphatic heterocycles. The third kappa shape index (κ3) is 5.20. The van der Waals surface area contributed by atoms with Gasteiger partial charge in [0.25, 0.3) is 0 Å². The summed E-state index contributed by atoms with van der Waals surface area (Å²) in [5, 5.41) is 0. The van der Waals surface area contributed by atoms with Gasteiger partial charge in [-0.25, -0.2) is 0 Å². The molecule has 0 bridgehead atoms. The maximum absolute atomic E-state index is 2.24. The largest absolute Gasteiger partial charge is 0.149 e. The Labute approximate surface area is 93.8 Å². The van der Waals surface area contributed by atoms with E-state index in [2.05, 4.69) is 49.9 Å². The zero-order valence-electron chi connectivity index (χ0n) is 8.20. The molecule has 0 aliphatic carbocycles. The number of hydrogen-bond acceptors (Lipinski definition) is 4. The van der Waals surface area contributed by atoms with E-state index in [4.69, 9.17) is 0 Å². The second kappa shape index (κ2) is 8.97. The lowest BCUT2D eigenvalue weighted by atomic mass is 10.9. The highest BCUT2D eigenvalue weighted by Gasteiger charge is 2.18. The highest BCUT2D eigenvalue weighted by Crippen LogP contribution is 2.37. The van der Waals surface area contributed by atoms with Crippen LogP contribution < -0.4 is 0 Å². The molecule has 0 aromatic rings. The molecule has 0 rings (SSSR count). The second-order valence-electron chi connectivity index (χ2n) is 2.12. The lowest BCUT2D eigenvalue weighted by molar-refractivity contribution is 1.33. The predicted octanol–water partition coefficient (Wildman–Crippen LogP) is 3.87. The number of rotatable bonds is 7. The summed E-state index contributed by atoms with van der Waals surface area (Å²) < 4.78 is 1.52. The lowest BCUT2D eigenvalue weighted by Gasteiger charge is -2.22. The Morgan fingerprint density at radius 2 is 1.25 bits per heavy atom. The van der Waals surface area contributed by atoms with E-state index in [0.717, 1.165) is 9.16 Å². The molecular weight excluding hydrogens is 224 g/mol. The maximum atomic E-state index is 2.24. The highest BCUT2D eigenvalue weighted by molar-refractivity contribution is 8.23. The van der Waals surface area contributed by atoms with Crippen LogP contribution >= 0.6 is 47.0 Å². The summed E-state index contributed by atoms with van der Waals surface area (Å²) in [5.41, 5.74) is 0. The van der Waals surface area contributed by atoms with Gasteiger partial charge in [0, 0.05) is 0 Å². The Bertz CT molecular complexity index is 87.1. The zero-order chi connectivity index (χ0) is 9.40. The first-order valence-electron chi connectivity index (χ1n) is 4.08. The Kier molecular flexibility index (Phi) is 10.0. The first-order chi connectivity index (χ1) is 5.79. The van der Waals surface area contributed by atoms with E-state index >= 15 is 0 Å². The average Bonchev–Trinajstić information content (AvgIpc) is 2.07. The van der Waals surface area contributed by atoms with Gasteiger partial charge in [-0.1, -0.05) is 13.8 Å². The van der Waals surface area contributed by atoms with Crippen LogP contribution in [0.2, 0.25) is 0 Å². The standard InChI is InChI=1S/C8H18S4/c1-5-11-8(12-6-2)7(9-3)10-4/h7-8H,5-6H2,1-4H3. The van der Waals surface area contributed by atoms with E-state index < -0.39 is 0 Å². The summed E-state index contributed by atoms with van der Waals surface area (Å²) in [6, 6.07) is 0. The summed E-state index contributed by atoms with van der Waals surface area (Å²) in [7, 11) is 0. The molecule has 0 radical (unpaired) electrons. The Morgan fingerprint density at radius 1 is 0.833 bits per heavy atom. The third-order valence-corrected chi connectivity index (χ3v) is 7.35. The maximum Gasteiger partial charge on any atom is 0.0711 e. The molecule has 0 saturated carbocycles. The van der Waals surface area contributed by atoms with Gasteiger partial charge in [0.15, 0.2) is 0 Å². The summed E-state index contributed by atoms with van der Waals surface area (Å²) in [4.78, 5) is 0.